The maximum absolute atomic E-state index is 11.8. The molecule has 0 saturated heterocycles. The first-order valence-corrected chi connectivity index (χ1v) is 5.58. The molecule has 0 aromatic carbocycles. The molecule has 6 nitrogen and oxygen atoms in total. The highest BCUT2D eigenvalue weighted by Crippen LogP contribution is 2.32. The summed E-state index contributed by atoms with van der Waals surface area (Å²) in [5.74, 6) is -0.804. The smallest absolute Gasteiger partial charge is 0.329 e. The molecule has 1 aliphatic rings. The minimum atomic E-state index is -1.03. The van der Waals surface area contributed by atoms with Gasteiger partial charge in [-0.1, -0.05) is 12.8 Å². The lowest BCUT2D eigenvalue weighted by Crippen LogP contribution is -2.45. The van der Waals surface area contributed by atoms with Crippen molar-refractivity contribution in [1.82, 2.24) is 9.55 Å². The second kappa shape index (κ2) is 4.20. The van der Waals surface area contributed by atoms with Gasteiger partial charge in [-0.15, -0.1) is 0 Å². The summed E-state index contributed by atoms with van der Waals surface area (Å²) < 4.78 is 1.37. The van der Waals surface area contributed by atoms with Crippen molar-refractivity contribution in [3.8, 4) is 0 Å². The van der Waals surface area contributed by atoms with Crippen LogP contribution in [-0.4, -0.2) is 26.2 Å². The third-order valence-corrected chi connectivity index (χ3v) is 3.24. The third-order valence-electron chi connectivity index (χ3n) is 3.24. The lowest BCUT2D eigenvalue weighted by Gasteiger charge is -2.25. The molecular formula is C11H15N3O3. The van der Waals surface area contributed by atoms with E-state index in [0.717, 1.165) is 12.8 Å². The van der Waals surface area contributed by atoms with Crippen LogP contribution in [0.3, 0.4) is 0 Å². The van der Waals surface area contributed by atoms with Crippen molar-refractivity contribution in [2.75, 3.05) is 5.32 Å². The molecule has 2 rings (SSSR count). The zero-order valence-corrected chi connectivity index (χ0v) is 9.64. The van der Waals surface area contributed by atoms with Gasteiger partial charge in [0.1, 0.15) is 5.54 Å². The molecule has 1 heterocycles. The van der Waals surface area contributed by atoms with Gasteiger partial charge in [0.15, 0.2) is 5.82 Å². The van der Waals surface area contributed by atoms with Crippen LogP contribution in [0.4, 0.5) is 5.82 Å². The van der Waals surface area contributed by atoms with E-state index in [1.807, 2.05) is 0 Å². The van der Waals surface area contributed by atoms with E-state index in [4.69, 9.17) is 0 Å². The molecule has 1 fully saturated rings. The van der Waals surface area contributed by atoms with Gasteiger partial charge in [-0.2, -0.15) is 0 Å². The Morgan fingerprint density at radius 2 is 2.18 bits per heavy atom. The Kier molecular flexibility index (Phi) is 2.87. The Labute approximate surface area is 98.3 Å². The highest BCUT2D eigenvalue weighted by molar-refractivity contribution is 5.82. The number of aliphatic carboxylic acids is 1. The van der Waals surface area contributed by atoms with Crippen molar-refractivity contribution in [3.05, 3.63) is 22.7 Å². The van der Waals surface area contributed by atoms with Gasteiger partial charge in [0, 0.05) is 19.4 Å². The largest absolute Gasteiger partial charge is 0.480 e. The first-order valence-electron chi connectivity index (χ1n) is 5.58. The van der Waals surface area contributed by atoms with Crippen LogP contribution in [0.5, 0.6) is 0 Å². The van der Waals surface area contributed by atoms with Crippen LogP contribution in [0.25, 0.3) is 0 Å². The SMILES string of the molecule is Cn1ccnc(NC2(C(=O)O)CCCC2)c1=O. The van der Waals surface area contributed by atoms with Gasteiger partial charge in [-0.25, -0.2) is 9.78 Å². The molecular weight excluding hydrogens is 222 g/mol. The number of hydrogen-bond donors (Lipinski definition) is 2. The van der Waals surface area contributed by atoms with Crippen LogP contribution in [0.15, 0.2) is 17.2 Å². The number of carbonyl (C=O) groups is 1. The van der Waals surface area contributed by atoms with Crippen molar-refractivity contribution in [2.45, 2.75) is 31.2 Å². The van der Waals surface area contributed by atoms with E-state index in [-0.39, 0.29) is 11.4 Å². The average Bonchev–Trinajstić information content (AvgIpc) is 2.75. The maximum Gasteiger partial charge on any atom is 0.329 e. The summed E-state index contributed by atoms with van der Waals surface area (Å²) >= 11 is 0. The Hall–Kier alpha value is -1.85. The predicted octanol–water partition coefficient (Wildman–Crippen LogP) is 0.590. The molecule has 0 bridgehead atoms. The molecule has 0 aliphatic heterocycles. The maximum atomic E-state index is 11.8. The highest BCUT2D eigenvalue weighted by Gasteiger charge is 2.42. The molecule has 1 aromatic rings. The number of aryl methyl sites for hydroxylation is 1. The monoisotopic (exact) mass is 237 g/mol. The topological polar surface area (TPSA) is 84.2 Å². The Bertz CT molecular complexity index is 489. The quantitative estimate of drug-likeness (QED) is 0.803. The fourth-order valence-corrected chi connectivity index (χ4v) is 2.18. The summed E-state index contributed by atoms with van der Waals surface area (Å²) in [6, 6.07) is 0. The van der Waals surface area contributed by atoms with Crippen LogP contribution in [0.2, 0.25) is 0 Å². The molecule has 0 atom stereocenters. The van der Waals surface area contributed by atoms with Crippen LogP contribution >= 0.6 is 0 Å². The van der Waals surface area contributed by atoms with Gasteiger partial charge in [0.2, 0.25) is 0 Å². The van der Waals surface area contributed by atoms with Gasteiger partial charge in [-0.05, 0) is 12.8 Å². The zero-order chi connectivity index (χ0) is 12.5. The summed E-state index contributed by atoms with van der Waals surface area (Å²) in [7, 11) is 1.61. The molecule has 2 N–H and O–H groups in total. The summed E-state index contributed by atoms with van der Waals surface area (Å²) in [5.41, 5.74) is -1.33. The summed E-state index contributed by atoms with van der Waals surface area (Å²) in [4.78, 5) is 27.0. The Morgan fingerprint density at radius 3 is 2.76 bits per heavy atom. The molecule has 0 spiro atoms. The number of carboxylic acid groups (broad SMARTS) is 1. The van der Waals surface area contributed by atoms with Crippen molar-refractivity contribution in [3.63, 3.8) is 0 Å². The van der Waals surface area contributed by atoms with Crippen molar-refractivity contribution in [1.29, 1.82) is 0 Å². The molecule has 6 heteroatoms. The molecule has 17 heavy (non-hydrogen) atoms. The number of carboxylic acids is 1. The van der Waals surface area contributed by atoms with Crippen LogP contribution in [0.1, 0.15) is 25.7 Å². The van der Waals surface area contributed by atoms with Crippen molar-refractivity contribution in [2.24, 2.45) is 7.05 Å². The van der Waals surface area contributed by atoms with Crippen LogP contribution < -0.4 is 10.9 Å². The van der Waals surface area contributed by atoms with E-state index in [2.05, 4.69) is 10.3 Å². The molecule has 1 aliphatic carbocycles. The second-order valence-corrected chi connectivity index (χ2v) is 4.41. The number of nitrogens with one attached hydrogen (secondary N) is 1. The van der Waals surface area contributed by atoms with E-state index in [1.165, 1.54) is 17.0 Å². The van der Waals surface area contributed by atoms with Gasteiger partial charge < -0.3 is 15.0 Å². The fraction of sp³-hybridized carbons (Fsp3) is 0.545. The van der Waals surface area contributed by atoms with Gasteiger partial charge >= 0.3 is 5.97 Å². The summed E-state index contributed by atoms with van der Waals surface area (Å²) in [6.45, 7) is 0. The van der Waals surface area contributed by atoms with Gasteiger partial charge in [0.05, 0.1) is 0 Å². The highest BCUT2D eigenvalue weighted by atomic mass is 16.4. The number of aromatic nitrogens is 2. The molecule has 0 unspecified atom stereocenters. The van der Waals surface area contributed by atoms with Crippen molar-refractivity contribution >= 4 is 11.8 Å². The third kappa shape index (κ3) is 2.02. The fourth-order valence-electron chi connectivity index (χ4n) is 2.18. The van der Waals surface area contributed by atoms with Crippen LogP contribution in [-0.2, 0) is 11.8 Å². The Balaban J connectivity index is 2.33. The van der Waals surface area contributed by atoms with Gasteiger partial charge in [0.25, 0.3) is 5.56 Å². The molecule has 92 valence electrons. The lowest BCUT2D eigenvalue weighted by atomic mass is 9.98. The van der Waals surface area contributed by atoms with E-state index in [1.54, 1.807) is 7.05 Å². The number of anilines is 1. The van der Waals surface area contributed by atoms with Crippen LogP contribution in [0, 0.1) is 0 Å². The number of hydrogen-bond acceptors (Lipinski definition) is 4. The van der Waals surface area contributed by atoms with E-state index < -0.39 is 11.5 Å². The normalized spacial score (nSPS) is 17.9. The van der Waals surface area contributed by atoms with E-state index >= 15 is 0 Å². The first-order chi connectivity index (χ1) is 8.05. The van der Waals surface area contributed by atoms with E-state index in [0.29, 0.717) is 12.8 Å². The predicted molar refractivity (Wildman–Crippen MR) is 61.9 cm³/mol. The number of rotatable bonds is 3. The summed E-state index contributed by atoms with van der Waals surface area (Å²) in [5, 5.41) is 12.1. The molecule has 0 radical (unpaired) electrons. The van der Waals surface area contributed by atoms with Crippen molar-refractivity contribution < 1.29 is 9.90 Å². The standard InChI is InChI=1S/C11H15N3O3/c1-14-7-6-12-8(9(14)15)13-11(10(16)17)4-2-3-5-11/h6-7H,2-5H2,1H3,(H,12,13)(H,16,17). The first kappa shape index (κ1) is 11.6. The average molecular weight is 237 g/mol. The minimum absolute atomic E-state index is 0.110. The second-order valence-electron chi connectivity index (χ2n) is 4.41. The summed E-state index contributed by atoms with van der Waals surface area (Å²) in [6.07, 6.45) is 5.78. The molecule has 0 amide bonds. The lowest BCUT2D eigenvalue weighted by molar-refractivity contribution is -0.142. The minimum Gasteiger partial charge on any atom is -0.480 e. The molecule has 1 aromatic heterocycles. The zero-order valence-electron chi connectivity index (χ0n) is 9.64. The van der Waals surface area contributed by atoms with E-state index in [9.17, 15) is 14.7 Å². The Morgan fingerprint density at radius 1 is 1.53 bits per heavy atom. The van der Waals surface area contributed by atoms with Gasteiger partial charge in [-0.3, -0.25) is 4.79 Å². The number of nitrogens with zero attached hydrogens (tertiary/aromatic N) is 2. The molecule has 1 saturated carbocycles.